The van der Waals surface area contributed by atoms with Crippen LogP contribution in [0.15, 0.2) is 65.9 Å². The standard InChI is InChI=1S/C21H14Cl2F3N3O/c22-15-5-1-12(2-6-15)17-11-28-29-19(17)13-3-7-16(8-4-13)30-20-18(23)9-14(10-27-20)21(24,25)26/h1-10,17,28H,11H2. The predicted octanol–water partition coefficient (Wildman–Crippen LogP) is 6.29. The maximum Gasteiger partial charge on any atom is 0.417 e. The molecule has 0 aliphatic carbocycles. The average molecular weight is 452 g/mol. The van der Waals surface area contributed by atoms with E-state index in [0.29, 0.717) is 23.5 Å². The maximum absolute atomic E-state index is 12.7. The van der Waals surface area contributed by atoms with Crippen LogP contribution in [0.5, 0.6) is 11.6 Å². The summed E-state index contributed by atoms with van der Waals surface area (Å²) in [7, 11) is 0. The molecule has 0 amide bonds. The Morgan fingerprint density at radius 3 is 2.33 bits per heavy atom. The summed E-state index contributed by atoms with van der Waals surface area (Å²) >= 11 is 11.9. The van der Waals surface area contributed by atoms with Gasteiger partial charge in [-0.2, -0.15) is 18.3 Å². The minimum Gasteiger partial charge on any atom is -0.438 e. The highest BCUT2D eigenvalue weighted by Gasteiger charge is 2.32. The molecule has 1 unspecified atom stereocenters. The van der Waals surface area contributed by atoms with Crippen LogP contribution in [0.4, 0.5) is 13.2 Å². The Labute approximate surface area is 180 Å². The zero-order valence-electron chi connectivity index (χ0n) is 15.3. The van der Waals surface area contributed by atoms with Crippen molar-refractivity contribution < 1.29 is 17.9 Å². The fraction of sp³-hybridized carbons (Fsp3) is 0.143. The Morgan fingerprint density at radius 2 is 1.70 bits per heavy atom. The minimum atomic E-state index is -4.52. The lowest BCUT2D eigenvalue weighted by molar-refractivity contribution is -0.137. The molecule has 1 N–H and O–H groups in total. The molecule has 0 spiro atoms. The summed E-state index contributed by atoms with van der Waals surface area (Å²) in [6.07, 6.45) is -3.83. The zero-order valence-corrected chi connectivity index (χ0v) is 16.8. The maximum atomic E-state index is 12.7. The van der Waals surface area contributed by atoms with E-state index in [1.165, 1.54) is 0 Å². The Balaban J connectivity index is 1.51. The van der Waals surface area contributed by atoms with Gasteiger partial charge in [0.05, 0.1) is 11.3 Å². The quantitative estimate of drug-likeness (QED) is 0.506. The summed E-state index contributed by atoms with van der Waals surface area (Å²) in [6.45, 7) is 0.667. The molecular weight excluding hydrogens is 438 g/mol. The van der Waals surface area contributed by atoms with Crippen LogP contribution in [-0.2, 0) is 6.18 Å². The van der Waals surface area contributed by atoms with Crippen LogP contribution in [0.1, 0.15) is 22.6 Å². The van der Waals surface area contributed by atoms with Crippen LogP contribution in [0.2, 0.25) is 10.0 Å². The van der Waals surface area contributed by atoms with Gasteiger partial charge in [-0.05, 0) is 53.6 Å². The van der Waals surface area contributed by atoms with Crippen molar-refractivity contribution in [1.82, 2.24) is 10.4 Å². The van der Waals surface area contributed by atoms with Crippen LogP contribution in [-0.4, -0.2) is 17.2 Å². The number of aromatic nitrogens is 1. The molecule has 1 aliphatic rings. The molecular formula is C21H14Cl2F3N3O. The molecule has 30 heavy (non-hydrogen) atoms. The first-order valence-corrected chi connectivity index (χ1v) is 9.64. The normalized spacial score (nSPS) is 16.2. The summed E-state index contributed by atoms with van der Waals surface area (Å²) in [6, 6.07) is 15.4. The Kier molecular flexibility index (Phi) is 5.58. The summed E-state index contributed by atoms with van der Waals surface area (Å²) in [5.41, 5.74) is 4.93. The molecule has 0 saturated heterocycles. The van der Waals surface area contributed by atoms with E-state index in [2.05, 4.69) is 15.5 Å². The first-order valence-electron chi connectivity index (χ1n) is 8.88. The molecule has 0 bridgehead atoms. The highest BCUT2D eigenvalue weighted by Crippen LogP contribution is 2.35. The largest absolute Gasteiger partial charge is 0.438 e. The molecule has 0 saturated carbocycles. The second-order valence-electron chi connectivity index (χ2n) is 6.60. The molecule has 9 heteroatoms. The Hall–Kier alpha value is -2.77. The third kappa shape index (κ3) is 4.37. The molecule has 4 nitrogen and oxygen atoms in total. The highest BCUT2D eigenvalue weighted by atomic mass is 35.5. The van der Waals surface area contributed by atoms with Gasteiger partial charge in [-0.25, -0.2) is 4.98 Å². The molecule has 2 aromatic carbocycles. The molecule has 4 rings (SSSR count). The molecule has 0 fully saturated rings. The molecule has 3 aromatic rings. The first-order chi connectivity index (χ1) is 14.3. The highest BCUT2D eigenvalue weighted by molar-refractivity contribution is 6.32. The fourth-order valence-electron chi connectivity index (χ4n) is 3.09. The lowest BCUT2D eigenvalue weighted by Gasteiger charge is -2.13. The number of hydrogen-bond acceptors (Lipinski definition) is 4. The number of hydrogen-bond donors (Lipinski definition) is 1. The third-order valence-electron chi connectivity index (χ3n) is 4.60. The van der Waals surface area contributed by atoms with Crippen LogP contribution < -0.4 is 10.2 Å². The van der Waals surface area contributed by atoms with Gasteiger partial charge in [-0.15, -0.1) is 0 Å². The summed E-state index contributed by atoms with van der Waals surface area (Å²) in [5, 5.41) is 4.85. The number of nitrogens with zero attached hydrogens (tertiary/aromatic N) is 2. The van der Waals surface area contributed by atoms with Gasteiger partial charge in [-0.3, -0.25) is 0 Å². The second-order valence-corrected chi connectivity index (χ2v) is 7.44. The fourth-order valence-corrected chi connectivity index (χ4v) is 3.43. The number of ether oxygens (including phenoxy) is 1. The van der Waals surface area contributed by atoms with Crippen molar-refractivity contribution in [1.29, 1.82) is 0 Å². The Bertz CT molecular complexity index is 1080. The van der Waals surface area contributed by atoms with Gasteiger partial charge in [-0.1, -0.05) is 35.3 Å². The number of benzene rings is 2. The third-order valence-corrected chi connectivity index (χ3v) is 5.12. The molecule has 1 atom stereocenters. The van der Waals surface area contributed by atoms with Crippen LogP contribution in [0, 0.1) is 0 Å². The van der Waals surface area contributed by atoms with Crippen molar-refractivity contribution in [3.8, 4) is 11.6 Å². The second kappa shape index (κ2) is 8.16. The molecule has 154 valence electrons. The number of hydrazone groups is 1. The molecule has 0 radical (unpaired) electrons. The number of alkyl halides is 3. The number of rotatable bonds is 4. The number of halogens is 5. The van der Waals surface area contributed by atoms with Gasteiger partial charge < -0.3 is 10.2 Å². The lowest BCUT2D eigenvalue weighted by Crippen LogP contribution is -2.14. The van der Waals surface area contributed by atoms with Crippen LogP contribution >= 0.6 is 23.2 Å². The number of nitrogens with one attached hydrogen (secondary N) is 1. The van der Waals surface area contributed by atoms with Gasteiger partial charge >= 0.3 is 6.18 Å². The van der Waals surface area contributed by atoms with E-state index in [1.54, 1.807) is 12.1 Å². The lowest BCUT2D eigenvalue weighted by atomic mass is 9.91. The van der Waals surface area contributed by atoms with E-state index < -0.39 is 11.7 Å². The van der Waals surface area contributed by atoms with E-state index in [4.69, 9.17) is 27.9 Å². The molecule has 1 aliphatic heterocycles. The van der Waals surface area contributed by atoms with Crippen molar-refractivity contribution in [2.24, 2.45) is 5.10 Å². The average Bonchev–Trinajstić information content (AvgIpc) is 3.20. The van der Waals surface area contributed by atoms with Crippen LogP contribution in [0.25, 0.3) is 0 Å². The van der Waals surface area contributed by atoms with Gasteiger partial charge in [0.15, 0.2) is 0 Å². The van der Waals surface area contributed by atoms with Gasteiger partial charge in [0, 0.05) is 23.7 Å². The van der Waals surface area contributed by atoms with Crippen molar-refractivity contribution in [3.63, 3.8) is 0 Å². The van der Waals surface area contributed by atoms with E-state index >= 15 is 0 Å². The van der Waals surface area contributed by atoms with Gasteiger partial charge in [0.25, 0.3) is 0 Å². The van der Waals surface area contributed by atoms with Crippen molar-refractivity contribution in [2.75, 3.05) is 6.54 Å². The smallest absolute Gasteiger partial charge is 0.417 e. The van der Waals surface area contributed by atoms with E-state index in [1.807, 2.05) is 36.4 Å². The minimum absolute atomic E-state index is 0.0695. The summed E-state index contributed by atoms with van der Waals surface area (Å²) in [4.78, 5) is 3.68. The van der Waals surface area contributed by atoms with Crippen molar-refractivity contribution in [3.05, 3.63) is 87.5 Å². The zero-order chi connectivity index (χ0) is 21.3. The molecule has 1 aromatic heterocycles. The van der Waals surface area contributed by atoms with Crippen molar-refractivity contribution in [2.45, 2.75) is 12.1 Å². The van der Waals surface area contributed by atoms with E-state index in [-0.39, 0.29) is 16.8 Å². The SMILES string of the molecule is FC(F)(F)c1cnc(Oc2ccc(C3=NNCC3c3ccc(Cl)cc3)cc2)c(Cl)c1. The van der Waals surface area contributed by atoms with Crippen LogP contribution in [0.3, 0.4) is 0 Å². The monoisotopic (exact) mass is 451 g/mol. The van der Waals surface area contributed by atoms with Crippen molar-refractivity contribution >= 4 is 28.9 Å². The molecule has 2 heterocycles. The summed E-state index contributed by atoms with van der Waals surface area (Å²) in [5.74, 6) is 0.360. The van der Waals surface area contributed by atoms with E-state index in [9.17, 15) is 13.2 Å². The topological polar surface area (TPSA) is 46.5 Å². The van der Waals surface area contributed by atoms with Gasteiger partial charge in [0.2, 0.25) is 5.88 Å². The Morgan fingerprint density at radius 1 is 1.00 bits per heavy atom. The predicted molar refractivity (Wildman–Crippen MR) is 109 cm³/mol. The van der Waals surface area contributed by atoms with Gasteiger partial charge in [0.1, 0.15) is 10.8 Å². The first kappa shape index (κ1) is 20.5. The number of pyridine rings is 1. The summed E-state index contributed by atoms with van der Waals surface area (Å²) < 4.78 is 43.7. The van der Waals surface area contributed by atoms with E-state index in [0.717, 1.165) is 22.9 Å².